The Kier molecular flexibility index (Phi) is 5.20. The molecule has 28 heavy (non-hydrogen) atoms. The Morgan fingerprint density at radius 3 is 2.32 bits per heavy atom. The number of benzene rings is 3. The third-order valence-electron chi connectivity index (χ3n) is 5.01. The van der Waals surface area contributed by atoms with Crippen LogP contribution in [0.2, 0.25) is 0 Å². The molecule has 1 unspecified atom stereocenters. The molecule has 0 heterocycles. The van der Waals surface area contributed by atoms with E-state index in [2.05, 4.69) is 29.6 Å². The minimum atomic E-state index is 0.0114. The van der Waals surface area contributed by atoms with Gasteiger partial charge in [-0.25, -0.2) is 0 Å². The highest BCUT2D eigenvalue weighted by molar-refractivity contribution is 5.85. The van der Waals surface area contributed by atoms with Crippen molar-refractivity contribution in [3.05, 3.63) is 66.2 Å². The second-order valence-corrected chi connectivity index (χ2v) is 7.28. The minimum Gasteiger partial charge on any atom is -0.494 e. The second-order valence-electron chi connectivity index (χ2n) is 7.28. The highest BCUT2D eigenvalue weighted by atomic mass is 16.5. The summed E-state index contributed by atoms with van der Waals surface area (Å²) in [6, 6.07) is 20.0. The van der Waals surface area contributed by atoms with Gasteiger partial charge in [-0.05, 0) is 85.5 Å². The van der Waals surface area contributed by atoms with E-state index < -0.39 is 0 Å². The molecule has 3 aromatic rings. The van der Waals surface area contributed by atoms with E-state index in [1.807, 2.05) is 50.2 Å². The average Bonchev–Trinajstić information content (AvgIpc) is 3.55. The zero-order valence-electron chi connectivity index (χ0n) is 16.3. The van der Waals surface area contributed by atoms with Gasteiger partial charge in [-0.1, -0.05) is 18.2 Å². The molecule has 1 aliphatic carbocycles. The van der Waals surface area contributed by atoms with Crippen molar-refractivity contribution in [1.82, 2.24) is 5.32 Å². The van der Waals surface area contributed by atoms with Gasteiger partial charge in [-0.15, -0.1) is 0 Å². The van der Waals surface area contributed by atoms with Gasteiger partial charge in [-0.3, -0.25) is 4.79 Å². The molecule has 1 amide bonds. The van der Waals surface area contributed by atoms with E-state index >= 15 is 0 Å². The molecule has 1 saturated carbocycles. The maximum atomic E-state index is 12.0. The van der Waals surface area contributed by atoms with E-state index in [4.69, 9.17) is 9.47 Å². The fraction of sp³-hybridized carbons (Fsp3) is 0.292. The fourth-order valence-corrected chi connectivity index (χ4v) is 3.24. The van der Waals surface area contributed by atoms with Crippen molar-refractivity contribution in [2.75, 3.05) is 6.61 Å². The number of rotatable bonds is 7. The van der Waals surface area contributed by atoms with Crippen LogP contribution in [0.3, 0.4) is 0 Å². The molecule has 4 nitrogen and oxygen atoms in total. The van der Waals surface area contributed by atoms with Gasteiger partial charge in [0.25, 0.3) is 0 Å². The van der Waals surface area contributed by atoms with Crippen molar-refractivity contribution in [2.24, 2.45) is 5.92 Å². The van der Waals surface area contributed by atoms with Crippen LogP contribution >= 0.6 is 0 Å². The monoisotopic (exact) mass is 375 g/mol. The van der Waals surface area contributed by atoms with Crippen LogP contribution in [-0.2, 0) is 4.79 Å². The zero-order chi connectivity index (χ0) is 19.5. The average molecular weight is 375 g/mol. The normalized spacial score (nSPS) is 14.5. The highest BCUT2D eigenvalue weighted by Crippen LogP contribution is 2.31. The number of fused-ring (bicyclic) bond motifs is 1. The van der Waals surface area contributed by atoms with Crippen LogP contribution in [-0.4, -0.2) is 12.5 Å². The molecule has 0 bridgehead atoms. The van der Waals surface area contributed by atoms with E-state index in [0.29, 0.717) is 6.61 Å². The van der Waals surface area contributed by atoms with Crippen molar-refractivity contribution >= 4 is 16.7 Å². The standard InChI is InChI=1S/C24H25NO3/c1-3-27-21-10-12-22(13-11-21)28-23-9-8-19-14-18(6-7-20(19)15-23)16(2)25-24(26)17-4-5-17/h6-17H,3-5H2,1-2H3,(H,25,26). The van der Waals surface area contributed by atoms with Crippen molar-refractivity contribution in [2.45, 2.75) is 32.7 Å². The van der Waals surface area contributed by atoms with Crippen molar-refractivity contribution in [1.29, 1.82) is 0 Å². The van der Waals surface area contributed by atoms with Crippen LogP contribution in [0.1, 0.15) is 38.3 Å². The maximum absolute atomic E-state index is 12.0. The summed E-state index contributed by atoms with van der Waals surface area (Å²) in [4.78, 5) is 12.0. The molecular formula is C24H25NO3. The van der Waals surface area contributed by atoms with Crippen molar-refractivity contribution in [3.8, 4) is 17.2 Å². The van der Waals surface area contributed by atoms with E-state index in [9.17, 15) is 4.79 Å². The quantitative estimate of drug-likeness (QED) is 0.583. The Bertz CT molecular complexity index is 977. The number of carbonyl (C=O) groups excluding carboxylic acids is 1. The van der Waals surface area contributed by atoms with Crippen LogP contribution in [0, 0.1) is 5.92 Å². The van der Waals surface area contributed by atoms with Gasteiger partial charge in [0.15, 0.2) is 0 Å². The maximum Gasteiger partial charge on any atom is 0.223 e. The summed E-state index contributed by atoms with van der Waals surface area (Å²) in [5, 5.41) is 5.34. The number of hydrogen-bond donors (Lipinski definition) is 1. The molecule has 0 saturated heterocycles. The lowest BCUT2D eigenvalue weighted by Crippen LogP contribution is -2.27. The lowest BCUT2D eigenvalue weighted by molar-refractivity contribution is -0.122. The first-order valence-corrected chi connectivity index (χ1v) is 9.87. The molecule has 0 aliphatic heterocycles. The fourth-order valence-electron chi connectivity index (χ4n) is 3.24. The summed E-state index contributed by atoms with van der Waals surface area (Å²) >= 11 is 0. The molecule has 3 aromatic carbocycles. The van der Waals surface area contributed by atoms with Crippen LogP contribution in [0.15, 0.2) is 60.7 Å². The molecule has 1 N–H and O–H groups in total. The SMILES string of the molecule is CCOc1ccc(Oc2ccc3cc(C(C)NC(=O)C4CC4)ccc3c2)cc1. The predicted molar refractivity (Wildman–Crippen MR) is 111 cm³/mol. The molecule has 1 aliphatic rings. The summed E-state index contributed by atoms with van der Waals surface area (Å²) in [5.41, 5.74) is 1.11. The first-order valence-electron chi connectivity index (χ1n) is 9.87. The Hall–Kier alpha value is -3.01. The van der Waals surface area contributed by atoms with Crippen molar-refractivity contribution in [3.63, 3.8) is 0 Å². The van der Waals surface area contributed by atoms with E-state index in [1.54, 1.807) is 0 Å². The molecule has 4 rings (SSSR count). The van der Waals surface area contributed by atoms with Crippen LogP contribution in [0.4, 0.5) is 0 Å². The summed E-state index contributed by atoms with van der Waals surface area (Å²) in [6.45, 7) is 4.65. The van der Waals surface area contributed by atoms with Gasteiger partial charge < -0.3 is 14.8 Å². The molecular weight excluding hydrogens is 350 g/mol. The first-order chi connectivity index (χ1) is 13.6. The van der Waals surface area contributed by atoms with Crippen LogP contribution in [0.5, 0.6) is 17.2 Å². The summed E-state index contributed by atoms with van der Waals surface area (Å²) in [6.07, 6.45) is 2.04. The lowest BCUT2D eigenvalue weighted by atomic mass is 10.0. The van der Waals surface area contributed by atoms with Gasteiger partial charge in [0.1, 0.15) is 17.2 Å². The van der Waals surface area contributed by atoms with Gasteiger partial charge in [-0.2, -0.15) is 0 Å². The van der Waals surface area contributed by atoms with Crippen molar-refractivity contribution < 1.29 is 14.3 Å². The Morgan fingerprint density at radius 1 is 0.964 bits per heavy atom. The van der Waals surface area contributed by atoms with Crippen LogP contribution < -0.4 is 14.8 Å². The van der Waals surface area contributed by atoms with Crippen LogP contribution in [0.25, 0.3) is 10.8 Å². The molecule has 0 spiro atoms. The zero-order valence-corrected chi connectivity index (χ0v) is 16.3. The number of nitrogens with one attached hydrogen (secondary N) is 1. The second kappa shape index (κ2) is 7.93. The van der Waals surface area contributed by atoms with E-state index in [-0.39, 0.29) is 17.9 Å². The molecule has 1 atom stereocenters. The topological polar surface area (TPSA) is 47.6 Å². The summed E-state index contributed by atoms with van der Waals surface area (Å²) in [5.74, 6) is 2.80. The molecule has 0 radical (unpaired) electrons. The third kappa shape index (κ3) is 4.28. The molecule has 0 aromatic heterocycles. The lowest BCUT2D eigenvalue weighted by Gasteiger charge is -2.15. The molecule has 144 valence electrons. The summed E-state index contributed by atoms with van der Waals surface area (Å²) in [7, 11) is 0. The number of amides is 1. The Morgan fingerprint density at radius 2 is 1.61 bits per heavy atom. The van der Waals surface area contributed by atoms with E-state index in [0.717, 1.165) is 46.4 Å². The number of ether oxygens (including phenoxy) is 2. The Balaban J connectivity index is 1.47. The third-order valence-corrected chi connectivity index (χ3v) is 5.01. The van der Waals surface area contributed by atoms with Gasteiger partial charge in [0, 0.05) is 5.92 Å². The highest BCUT2D eigenvalue weighted by Gasteiger charge is 2.30. The summed E-state index contributed by atoms with van der Waals surface area (Å²) < 4.78 is 11.4. The number of carbonyl (C=O) groups is 1. The molecule has 4 heteroatoms. The van der Waals surface area contributed by atoms with Gasteiger partial charge in [0.05, 0.1) is 12.6 Å². The van der Waals surface area contributed by atoms with Gasteiger partial charge in [0.2, 0.25) is 5.91 Å². The van der Waals surface area contributed by atoms with Gasteiger partial charge >= 0.3 is 0 Å². The predicted octanol–water partition coefficient (Wildman–Crippen LogP) is 5.62. The van der Waals surface area contributed by atoms with E-state index in [1.165, 1.54) is 0 Å². The largest absolute Gasteiger partial charge is 0.494 e. The minimum absolute atomic E-state index is 0.0114. The number of hydrogen-bond acceptors (Lipinski definition) is 3. The first kappa shape index (κ1) is 18.4. The molecule has 1 fully saturated rings. The smallest absolute Gasteiger partial charge is 0.223 e. The Labute approximate surface area is 165 Å².